The molecule has 0 amide bonds. The van der Waals surface area contributed by atoms with Gasteiger partial charge in [-0.25, -0.2) is 0 Å². The zero-order chi connectivity index (χ0) is 19.4. The topological polar surface area (TPSA) is 48.0 Å². The van der Waals surface area contributed by atoms with E-state index in [-0.39, 0.29) is 17.5 Å². The first-order valence-electron chi connectivity index (χ1n) is 10.2. The summed E-state index contributed by atoms with van der Waals surface area (Å²) in [5, 5.41) is 0. The Morgan fingerprint density at radius 3 is 2.70 bits per heavy atom. The van der Waals surface area contributed by atoms with Gasteiger partial charge in [-0.3, -0.25) is 4.79 Å². The summed E-state index contributed by atoms with van der Waals surface area (Å²) in [5.74, 6) is 1.51. The van der Waals surface area contributed by atoms with Gasteiger partial charge in [0.05, 0.1) is 14.2 Å². The first-order chi connectivity index (χ1) is 13.0. The van der Waals surface area contributed by atoms with E-state index >= 15 is 0 Å². The van der Waals surface area contributed by atoms with Crippen LogP contribution < -0.4 is 9.47 Å². The lowest BCUT2D eigenvalue weighted by molar-refractivity contribution is -0.152. The number of likely N-dealkylation sites (tertiary alicyclic amines) is 1. The summed E-state index contributed by atoms with van der Waals surface area (Å²) >= 11 is 0. The quantitative estimate of drug-likeness (QED) is 0.676. The summed E-state index contributed by atoms with van der Waals surface area (Å²) in [7, 11) is 5.54. The lowest BCUT2D eigenvalue weighted by Crippen LogP contribution is -2.48. The minimum Gasteiger partial charge on any atom is -0.493 e. The second-order valence-corrected chi connectivity index (χ2v) is 7.96. The van der Waals surface area contributed by atoms with Crippen molar-refractivity contribution in [1.29, 1.82) is 0 Å². The molecule has 0 unspecified atom stereocenters. The van der Waals surface area contributed by atoms with E-state index in [1.54, 1.807) is 14.2 Å². The number of benzene rings is 1. The van der Waals surface area contributed by atoms with E-state index in [1.807, 2.05) is 6.07 Å². The second-order valence-electron chi connectivity index (χ2n) is 7.96. The van der Waals surface area contributed by atoms with Crippen LogP contribution in [0.4, 0.5) is 0 Å². The molecule has 0 aromatic heterocycles. The predicted octanol–water partition coefficient (Wildman–Crippen LogP) is 3.93. The predicted molar refractivity (Wildman–Crippen MR) is 106 cm³/mol. The third-order valence-corrected chi connectivity index (χ3v) is 6.47. The number of ether oxygens (including phenoxy) is 3. The first kappa shape index (κ1) is 20.0. The summed E-state index contributed by atoms with van der Waals surface area (Å²) in [5.41, 5.74) is 1.41. The number of carbonyl (C=O) groups excluding carboxylic acids is 1. The zero-order valence-corrected chi connectivity index (χ0v) is 17.1. The Labute approximate surface area is 163 Å². The fourth-order valence-corrected chi connectivity index (χ4v) is 4.90. The molecule has 2 fully saturated rings. The third-order valence-electron chi connectivity index (χ3n) is 6.47. The van der Waals surface area contributed by atoms with E-state index < -0.39 is 0 Å². The van der Waals surface area contributed by atoms with Gasteiger partial charge in [0.2, 0.25) is 0 Å². The SMILES string of the molecule is CCCCC(=O)O[C@@H]1CC[C@@]2(c3ccc(OC)c(OC)c3)CCN(C)[C@H]2C1. The molecule has 1 saturated heterocycles. The number of rotatable bonds is 7. The molecule has 1 aromatic rings. The summed E-state index contributed by atoms with van der Waals surface area (Å²) in [4.78, 5) is 14.5. The smallest absolute Gasteiger partial charge is 0.306 e. The maximum absolute atomic E-state index is 12.1. The van der Waals surface area contributed by atoms with Crippen molar-refractivity contribution >= 4 is 5.97 Å². The van der Waals surface area contributed by atoms with E-state index in [0.717, 1.165) is 56.6 Å². The highest BCUT2D eigenvalue weighted by molar-refractivity contribution is 5.69. The molecule has 2 aliphatic rings. The average Bonchev–Trinajstić information content (AvgIpc) is 3.03. The Morgan fingerprint density at radius 2 is 2.00 bits per heavy atom. The van der Waals surface area contributed by atoms with E-state index in [9.17, 15) is 4.79 Å². The Bertz CT molecular complexity index is 662. The Morgan fingerprint density at radius 1 is 1.22 bits per heavy atom. The molecule has 0 bridgehead atoms. The molecule has 1 heterocycles. The molecule has 5 nitrogen and oxygen atoms in total. The van der Waals surface area contributed by atoms with Crippen LogP contribution in [0.3, 0.4) is 0 Å². The van der Waals surface area contributed by atoms with Crippen molar-refractivity contribution in [3.8, 4) is 11.5 Å². The number of methoxy groups -OCH3 is 2. The monoisotopic (exact) mass is 375 g/mol. The summed E-state index contributed by atoms with van der Waals surface area (Å²) in [6.45, 7) is 3.16. The molecule has 1 aromatic carbocycles. The van der Waals surface area contributed by atoms with Crippen molar-refractivity contribution in [2.24, 2.45) is 0 Å². The molecule has 0 N–H and O–H groups in total. The molecule has 5 heteroatoms. The lowest BCUT2D eigenvalue weighted by atomic mass is 9.65. The highest BCUT2D eigenvalue weighted by atomic mass is 16.5. The first-order valence-corrected chi connectivity index (χ1v) is 10.2. The van der Waals surface area contributed by atoms with Crippen LogP contribution in [0, 0.1) is 0 Å². The number of fused-ring (bicyclic) bond motifs is 1. The zero-order valence-electron chi connectivity index (χ0n) is 17.1. The summed E-state index contributed by atoms with van der Waals surface area (Å²) in [6, 6.07) is 6.71. The van der Waals surface area contributed by atoms with Gasteiger partial charge in [-0.2, -0.15) is 0 Å². The highest BCUT2D eigenvalue weighted by Gasteiger charge is 2.51. The van der Waals surface area contributed by atoms with E-state index in [4.69, 9.17) is 14.2 Å². The van der Waals surface area contributed by atoms with Crippen LogP contribution in [0.25, 0.3) is 0 Å². The van der Waals surface area contributed by atoms with Crippen LogP contribution in [-0.4, -0.2) is 50.8 Å². The lowest BCUT2D eigenvalue weighted by Gasteiger charge is -2.44. The van der Waals surface area contributed by atoms with E-state index in [0.29, 0.717) is 12.5 Å². The molecule has 1 aliphatic heterocycles. The Kier molecular flexibility index (Phi) is 6.30. The number of carbonyl (C=O) groups is 1. The molecule has 27 heavy (non-hydrogen) atoms. The maximum atomic E-state index is 12.1. The number of esters is 1. The van der Waals surface area contributed by atoms with Crippen LogP contribution in [0.1, 0.15) is 57.4 Å². The third kappa shape index (κ3) is 3.93. The van der Waals surface area contributed by atoms with E-state index in [1.165, 1.54) is 5.56 Å². The van der Waals surface area contributed by atoms with Crippen molar-refractivity contribution in [3.05, 3.63) is 23.8 Å². The minimum absolute atomic E-state index is 0.0353. The van der Waals surface area contributed by atoms with Crippen molar-refractivity contribution in [1.82, 2.24) is 4.90 Å². The number of likely N-dealkylation sites (N-methyl/N-ethyl adjacent to an activating group) is 1. The molecule has 3 rings (SSSR count). The van der Waals surface area contributed by atoms with Gasteiger partial charge in [0.1, 0.15) is 6.10 Å². The van der Waals surface area contributed by atoms with Crippen LogP contribution in [0.5, 0.6) is 11.5 Å². The van der Waals surface area contributed by atoms with Gasteiger partial charge in [0.25, 0.3) is 0 Å². The highest BCUT2D eigenvalue weighted by Crippen LogP contribution is 2.50. The van der Waals surface area contributed by atoms with Crippen LogP contribution >= 0.6 is 0 Å². The standard InChI is InChI=1S/C22H33NO4/c1-5-6-7-21(24)27-17-10-11-22(12-13-23(2)20(22)15-17)16-8-9-18(25-3)19(14-16)26-4/h8-9,14,17,20H,5-7,10-13,15H2,1-4H3/t17-,20+,22+/m1/s1. The van der Waals surface area contributed by atoms with Gasteiger partial charge >= 0.3 is 5.97 Å². The van der Waals surface area contributed by atoms with Crippen molar-refractivity contribution in [2.45, 2.75) is 69.4 Å². The molecule has 150 valence electrons. The van der Waals surface area contributed by atoms with Gasteiger partial charge in [0, 0.05) is 24.3 Å². The Hall–Kier alpha value is -1.75. The average molecular weight is 376 g/mol. The minimum atomic E-state index is -0.0406. The molecule has 1 saturated carbocycles. The molecule has 1 aliphatic carbocycles. The molecule has 0 spiro atoms. The van der Waals surface area contributed by atoms with Gasteiger partial charge in [0.15, 0.2) is 11.5 Å². The summed E-state index contributed by atoms with van der Waals surface area (Å²) < 4.78 is 16.8. The van der Waals surface area contributed by atoms with Gasteiger partial charge in [-0.1, -0.05) is 19.4 Å². The number of hydrogen-bond donors (Lipinski definition) is 0. The normalized spacial score (nSPS) is 27.9. The summed E-state index contributed by atoms with van der Waals surface area (Å²) in [6.07, 6.45) is 6.49. The Balaban J connectivity index is 1.79. The number of hydrogen-bond acceptors (Lipinski definition) is 5. The van der Waals surface area contributed by atoms with Crippen molar-refractivity contribution < 1.29 is 19.0 Å². The molecular weight excluding hydrogens is 342 g/mol. The van der Waals surface area contributed by atoms with Crippen LogP contribution in [0.15, 0.2) is 18.2 Å². The second kappa shape index (κ2) is 8.51. The fraction of sp³-hybridized carbons (Fsp3) is 0.682. The largest absolute Gasteiger partial charge is 0.493 e. The van der Waals surface area contributed by atoms with Crippen molar-refractivity contribution in [3.63, 3.8) is 0 Å². The van der Waals surface area contributed by atoms with Crippen LogP contribution in [0.2, 0.25) is 0 Å². The molecule has 0 radical (unpaired) electrons. The van der Waals surface area contributed by atoms with Gasteiger partial charge < -0.3 is 19.1 Å². The van der Waals surface area contributed by atoms with Crippen molar-refractivity contribution in [2.75, 3.05) is 27.8 Å². The van der Waals surface area contributed by atoms with E-state index in [2.05, 4.69) is 31.0 Å². The fourth-order valence-electron chi connectivity index (χ4n) is 4.90. The maximum Gasteiger partial charge on any atom is 0.306 e. The molecule has 3 atom stereocenters. The number of nitrogens with zero attached hydrogens (tertiary/aromatic N) is 1. The van der Waals surface area contributed by atoms with Crippen LogP contribution in [-0.2, 0) is 14.9 Å². The number of unbranched alkanes of at least 4 members (excludes halogenated alkanes) is 1. The molecular formula is C22H33NO4. The van der Waals surface area contributed by atoms with Gasteiger partial charge in [-0.15, -0.1) is 0 Å². The van der Waals surface area contributed by atoms with Gasteiger partial charge in [-0.05, 0) is 57.0 Å².